The first-order chi connectivity index (χ1) is 8.36. The van der Waals surface area contributed by atoms with Gasteiger partial charge in [-0.2, -0.15) is 0 Å². The first-order valence-corrected chi connectivity index (χ1v) is 7.69. The molecular weight excluding hydrogens is 384 g/mol. The molecule has 0 radical (unpaired) electrons. The molecule has 1 atom stereocenters. The van der Waals surface area contributed by atoms with Crippen LogP contribution in [0.25, 0.3) is 0 Å². The lowest BCUT2D eigenvalue weighted by molar-refractivity contribution is -0.124. The van der Waals surface area contributed by atoms with Gasteiger partial charge in [-0.05, 0) is 37.9 Å². The Morgan fingerprint density at radius 2 is 2.11 bits per heavy atom. The summed E-state index contributed by atoms with van der Waals surface area (Å²) < 4.78 is 1.75. The molecule has 0 saturated carbocycles. The summed E-state index contributed by atoms with van der Waals surface area (Å²) in [6.45, 7) is 2.19. The zero-order chi connectivity index (χ0) is 13.9. The van der Waals surface area contributed by atoms with E-state index in [1.54, 1.807) is 32.0 Å². The number of nitrogens with one attached hydrogen (secondary N) is 1. The van der Waals surface area contributed by atoms with Crippen molar-refractivity contribution in [3.8, 4) is 0 Å². The number of nitrogens with zero attached hydrogens (tertiary/aromatic N) is 1. The molecule has 1 aromatic rings. The third-order valence-electron chi connectivity index (χ3n) is 2.44. The Morgan fingerprint density at radius 3 is 2.56 bits per heavy atom. The van der Waals surface area contributed by atoms with Gasteiger partial charge in [0.05, 0.1) is 14.6 Å². The highest BCUT2D eigenvalue weighted by atomic mass is 79.9. The molecule has 0 aliphatic rings. The fourth-order valence-electron chi connectivity index (χ4n) is 1.46. The Balaban J connectivity index is 2.70. The average molecular weight is 398 g/mol. The van der Waals surface area contributed by atoms with E-state index in [9.17, 15) is 9.59 Å². The highest BCUT2D eigenvalue weighted by Gasteiger charge is 2.20. The van der Waals surface area contributed by atoms with Crippen LogP contribution in [0.15, 0.2) is 14.3 Å². The topological polar surface area (TPSA) is 49.4 Å². The van der Waals surface area contributed by atoms with Crippen molar-refractivity contribution in [2.75, 3.05) is 20.6 Å². The molecule has 0 aromatic carbocycles. The van der Waals surface area contributed by atoms with E-state index in [-0.39, 0.29) is 17.7 Å². The van der Waals surface area contributed by atoms with Gasteiger partial charge in [-0.1, -0.05) is 6.92 Å². The predicted molar refractivity (Wildman–Crippen MR) is 79.9 cm³/mol. The molecule has 4 nitrogen and oxygen atoms in total. The van der Waals surface area contributed by atoms with E-state index in [1.165, 1.54) is 11.3 Å². The molecule has 1 rings (SSSR count). The number of hydrogen-bond donors (Lipinski definition) is 1. The smallest absolute Gasteiger partial charge is 0.263 e. The maximum atomic E-state index is 12.1. The molecule has 0 fully saturated rings. The number of hydrogen-bond acceptors (Lipinski definition) is 3. The van der Waals surface area contributed by atoms with E-state index in [0.29, 0.717) is 11.4 Å². The van der Waals surface area contributed by atoms with Gasteiger partial charge in [0.15, 0.2) is 0 Å². The molecule has 1 heterocycles. The summed E-state index contributed by atoms with van der Waals surface area (Å²) in [5, 5.41) is 2.57. The second-order valence-electron chi connectivity index (χ2n) is 3.93. The minimum Gasteiger partial charge on any atom is -0.359 e. The van der Waals surface area contributed by atoms with Gasteiger partial charge in [0, 0.05) is 25.1 Å². The molecule has 0 aliphatic carbocycles. The Kier molecular flexibility index (Phi) is 5.81. The maximum Gasteiger partial charge on any atom is 0.263 e. The van der Waals surface area contributed by atoms with Crippen molar-refractivity contribution in [2.45, 2.75) is 6.92 Å². The summed E-state index contributed by atoms with van der Waals surface area (Å²) in [6.07, 6.45) is 0. The second kappa shape index (κ2) is 6.68. The van der Waals surface area contributed by atoms with E-state index in [0.717, 1.165) is 8.26 Å². The predicted octanol–water partition coefficient (Wildman–Crippen LogP) is 2.73. The largest absolute Gasteiger partial charge is 0.359 e. The Labute approximate surface area is 127 Å². The first kappa shape index (κ1) is 15.7. The van der Waals surface area contributed by atoms with Gasteiger partial charge in [-0.15, -0.1) is 11.3 Å². The third kappa shape index (κ3) is 3.80. The number of thiophene rings is 1. The summed E-state index contributed by atoms with van der Waals surface area (Å²) in [4.78, 5) is 25.7. The molecule has 18 heavy (non-hydrogen) atoms. The fourth-order valence-corrected chi connectivity index (χ4v) is 3.49. The van der Waals surface area contributed by atoms with Crippen molar-refractivity contribution in [1.29, 1.82) is 0 Å². The van der Waals surface area contributed by atoms with Gasteiger partial charge in [0.1, 0.15) is 0 Å². The summed E-state index contributed by atoms with van der Waals surface area (Å²) in [6, 6.07) is 1.78. The van der Waals surface area contributed by atoms with E-state index in [2.05, 4.69) is 37.2 Å². The van der Waals surface area contributed by atoms with Crippen LogP contribution in [0.2, 0.25) is 0 Å². The quantitative estimate of drug-likeness (QED) is 0.849. The molecule has 0 aliphatic heterocycles. The third-order valence-corrected chi connectivity index (χ3v) is 5.69. The van der Waals surface area contributed by atoms with Crippen LogP contribution in [0.5, 0.6) is 0 Å². The van der Waals surface area contributed by atoms with Crippen molar-refractivity contribution in [1.82, 2.24) is 10.2 Å². The molecule has 1 N–H and O–H groups in total. The van der Waals surface area contributed by atoms with E-state index < -0.39 is 0 Å². The van der Waals surface area contributed by atoms with Crippen LogP contribution in [-0.4, -0.2) is 37.4 Å². The van der Waals surface area contributed by atoms with Crippen molar-refractivity contribution >= 4 is 55.0 Å². The summed E-state index contributed by atoms with van der Waals surface area (Å²) in [5.74, 6) is -0.374. The van der Waals surface area contributed by atoms with Crippen molar-refractivity contribution in [2.24, 2.45) is 5.92 Å². The average Bonchev–Trinajstić information content (AvgIpc) is 2.67. The SMILES string of the molecule is CNC(=O)C(C)CN(C)C(=O)c1cc(Br)c(Br)s1. The van der Waals surface area contributed by atoms with Crippen molar-refractivity contribution < 1.29 is 9.59 Å². The fraction of sp³-hybridized carbons (Fsp3) is 0.455. The summed E-state index contributed by atoms with van der Waals surface area (Å²) in [5.41, 5.74) is 0. The highest BCUT2D eigenvalue weighted by Crippen LogP contribution is 2.32. The maximum absolute atomic E-state index is 12.1. The Morgan fingerprint density at radius 1 is 1.50 bits per heavy atom. The van der Waals surface area contributed by atoms with Crippen LogP contribution >= 0.6 is 43.2 Å². The minimum atomic E-state index is -0.226. The molecule has 1 aromatic heterocycles. The van der Waals surface area contributed by atoms with Gasteiger partial charge in [-0.3, -0.25) is 9.59 Å². The lowest BCUT2D eigenvalue weighted by Crippen LogP contribution is -2.37. The molecule has 0 spiro atoms. The number of rotatable bonds is 4. The van der Waals surface area contributed by atoms with Crippen LogP contribution < -0.4 is 5.32 Å². The van der Waals surface area contributed by atoms with E-state index >= 15 is 0 Å². The zero-order valence-electron chi connectivity index (χ0n) is 10.3. The van der Waals surface area contributed by atoms with E-state index in [4.69, 9.17) is 0 Å². The molecule has 100 valence electrons. The lowest BCUT2D eigenvalue weighted by atomic mass is 10.1. The van der Waals surface area contributed by atoms with Gasteiger partial charge in [0.25, 0.3) is 5.91 Å². The highest BCUT2D eigenvalue weighted by molar-refractivity contribution is 9.13. The number of carbonyl (C=O) groups excluding carboxylic acids is 2. The molecule has 2 amide bonds. The van der Waals surface area contributed by atoms with Gasteiger partial charge < -0.3 is 10.2 Å². The van der Waals surface area contributed by atoms with E-state index in [1.807, 2.05) is 0 Å². The molecule has 7 heteroatoms. The molecule has 1 unspecified atom stereocenters. The zero-order valence-corrected chi connectivity index (χ0v) is 14.3. The summed E-state index contributed by atoms with van der Waals surface area (Å²) >= 11 is 8.07. The monoisotopic (exact) mass is 396 g/mol. The van der Waals surface area contributed by atoms with Gasteiger partial charge in [0.2, 0.25) is 5.91 Å². The van der Waals surface area contributed by atoms with Gasteiger partial charge >= 0.3 is 0 Å². The lowest BCUT2D eigenvalue weighted by Gasteiger charge is -2.20. The number of amides is 2. The van der Waals surface area contributed by atoms with Crippen molar-refractivity contribution in [3.05, 3.63) is 19.2 Å². The standard InChI is InChI=1S/C11H14Br2N2O2S/c1-6(10(16)14-2)5-15(3)11(17)8-4-7(12)9(13)18-8/h4,6H,5H2,1-3H3,(H,14,16). The second-order valence-corrected chi connectivity index (χ2v) is 7.16. The molecule has 0 bridgehead atoms. The normalized spacial score (nSPS) is 12.1. The molecule has 0 saturated heterocycles. The van der Waals surface area contributed by atoms with Crippen LogP contribution in [-0.2, 0) is 4.79 Å². The first-order valence-electron chi connectivity index (χ1n) is 5.28. The minimum absolute atomic E-state index is 0.0665. The van der Waals surface area contributed by atoms with Crippen LogP contribution in [0.4, 0.5) is 0 Å². The van der Waals surface area contributed by atoms with Crippen LogP contribution in [0, 0.1) is 5.92 Å². The van der Waals surface area contributed by atoms with Gasteiger partial charge in [-0.25, -0.2) is 0 Å². The summed E-state index contributed by atoms with van der Waals surface area (Å²) in [7, 11) is 3.29. The number of halogens is 2. The Hall–Kier alpha value is -0.400. The van der Waals surface area contributed by atoms with Crippen molar-refractivity contribution in [3.63, 3.8) is 0 Å². The van der Waals surface area contributed by atoms with Crippen LogP contribution in [0.3, 0.4) is 0 Å². The Bertz CT molecular complexity index is 442. The molecular formula is C11H14Br2N2O2S. The van der Waals surface area contributed by atoms with Crippen LogP contribution in [0.1, 0.15) is 16.6 Å². The number of carbonyl (C=O) groups is 2.